The molecule has 0 saturated heterocycles. The van der Waals surface area contributed by atoms with Crippen LogP contribution in [0.25, 0.3) is 0 Å². The van der Waals surface area contributed by atoms with Gasteiger partial charge in [0, 0.05) is 12.1 Å². The molecule has 10 heteroatoms. The van der Waals surface area contributed by atoms with Crippen molar-refractivity contribution < 1.29 is 13.3 Å². The maximum atomic E-state index is 12.1. The number of hydrogen-bond acceptors (Lipinski definition) is 6. The van der Waals surface area contributed by atoms with Crippen molar-refractivity contribution >= 4 is 33.0 Å². The molecule has 0 aliphatic rings. The zero-order valence-corrected chi connectivity index (χ0v) is 12.2. The standard InChI is InChI=1S/C11H9ClN4O4S/c1-7-4-8(16(17)18)2-3-10(7)15-21(19,20)9-5-13-11(12)14-6-9/h2-6,15H,1H3. The van der Waals surface area contributed by atoms with Crippen molar-refractivity contribution in [2.45, 2.75) is 11.8 Å². The SMILES string of the molecule is Cc1cc([N+](=O)[O-])ccc1NS(=O)(=O)c1cnc(Cl)nc1. The molecule has 2 aromatic rings. The fourth-order valence-electron chi connectivity index (χ4n) is 1.52. The van der Waals surface area contributed by atoms with E-state index in [1.807, 2.05) is 0 Å². The summed E-state index contributed by atoms with van der Waals surface area (Å²) >= 11 is 5.49. The molecule has 0 amide bonds. The molecule has 1 N–H and O–H groups in total. The molecule has 0 radical (unpaired) electrons. The first-order valence-corrected chi connectivity index (χ1v) is 7.41. The van der Waals surface area contributed by atoms with Crippen LogP contribution in [0.5, 0.6) is 0 Å². The van der Waals surface area contributed by atoms with Gasteiger partial charge in [-0.2, -0.15) is 0 Å². The Kier molecular flexibility index (Phi) is 4.05. The molecule has 110 valence electrons. The minimum Gasteiger partial charge on any atom is -0.279 e. The van der Waals surface area contributed by atoms with Gasteiger partial charge in [0.05, 0.1) is 23.0 Å². The second-order valence-corrected chi connectivity index (χ2v) is 6.07. The molecule has 1 aromatic heterocycles. The zero-order chi connectivity index (χ0) is 15.6. The second kappa shape index (κ2) is 5.62. The van der Waals surface area contributed by atoms with Crippen LogP contribution in [-0.4, -0.2) is 23.3 Å². The Morgan fingerprint density at radius 1 is 1.29 bits per heavy atom. The Morgan fingerprint density at radius 2 is 1.90 bits per heavy atom. The van der Waals surface area contributed by atoms with Gasteiger partial charge in [-0.25, -0.2) is 18.4 Å². The lowest BCUT2D eigenvalue weighted by atomic mass is 10.2. The number of sulfonamides is 1. The third kappa shape index (κ3) is 3.44. The number of halogens is 1. The third-order valence-corrected chi connectivity index (χ3v) is 4.09. The summed E-state index contributed by atoms with van der Waals surface area (Å²) in [4.78, 5) is 17.1. The number of aromatic nitrogens is 2. The molecule has 0 unspecified atom stereocenters. The number of non-ortho nitro benzene ring substituents is 1. The summed E-state index contributed by atoms with van der Waals surface area (Å²) in [6.45, 7) is 1.56. The highest BCUT2D eigenvalue weighted by Gasteiger charge is 2.17. The Labute approximate surface area is 125 Å². The van der Waals surface area contributed by atoms with Crippen molar-refractivity contribution in [3.8, 4) is 0 Å². The van der Waals surface area contributed by atoms with Crippen LogP contribution in [0.4, 0.5) is 11.4 Å². The van der Waals surface area contributed by atoms with Crippen LogP contribution in [0, 0.1) is 17.0 Å². The molecule has 21 heavy (non-hydrogen) atoms. The van der Waals surface area contributed by atoms with Crippen LogP contribution in [0.2, 0.25) is 5.28 Å². The molecule has 1 heterocycles. The van der Waals surface area contributed by atoms with Gasteiger partial charge in [0.1, 0.15) is 4.90 Å². The Bertz CT molecular complexity index is 792. The van der Waals surface area contributed by atoms with Gasteiger partial charge in [0.2, 0.25) is 5.28 Å². The van der Waals surface area contributed by atoms with Crippen LogP contribution in [-0.2, 0) is 10.0 Å². The van der Waals surface area contributed by atoms with E-state index < -0.39 is 14.9 Å². The van der Waals surface area contributed by atoms with E-state index >= 15 is 0 Å². The predicted octanol–water partition coefficient (Wildman–Crippen LogP) is 2.15. The van der Waals surface area contributed by atoms with E-state index in [4.69, 9.17) is 11.6 Å². The van der Waals surface area contributed by atoms with Gasteiger partial charge in [-0.3, -0.25) is 14.8 Å². The average molecular weight is 329 g/mol. The minimum absolute atomic E-state index is 0.0690. The number of anilines is 1. The Hall–Kier alpha value is -2.26. The lowest BCUT2D eigenvalue weighted by Gasteiger charge is -2.09. The lowest BCUT2D eigenvalue weighted by molar-refractivity contribution is -0.384. The lowest BCUT2D eigenvalue weighted by Crippen LogP contribution is -2.14. The highest BCUT2D eigenvalue weighted by Crippen LogP contribution is 2.23. The summed E-state index contributed by atoms with van der Waals surface area (Å²) < 4.78 is 26.5. The molecule has 0 atom stereocenters. The number of benzene rings is 1. The van der Waals surface area contributed by atoms with Crippen molar-refractivity contribution in [2.75, 3.05) is 4.72 Å². The monoisotopic (exact) mass is 328 g/mol. The van der Waals surface area contributed by atoms with Crippen LogP contribution in [0.1, 0.15) is 5.56 Å². The molecular weight excluding hydrogens is 320 g/mol. The summed E-state index contributed by atoms with van der Waals surface area (Å²) in [7, 11) is -3.89. The van der Waals surface area contributed by atoms with Gasteiger partial charge in [-0.1, -0.05) is 0 Å². The van der Waals surface area contributed by atoms with E-state index in [0.717, 1.165) is 12.4 Å². The first-order chi connectivity index (χ1) is 9.79. The van der Waals surface area contributed by atoms with E-state index in [9.17, 15) is 18.5 Å². The Balaban J connectivity index is 2.32. The number of nitrogens with one attached hydrogen (secondary N) is 1. The van der Waals surface area contributed by atoms with Gasteiger partial charge in [0.25, 0.3) is 15.7 Å². The van der Waals surface area contributed by atoms with Gasteiger partial charge < -0.3 is 0 Å². The largest absolute Gasteiger partial charge is 0.279 e. The van der Waals surface area contributed by atoms with Crippen molar-refractivity contribution in [2.24, 2.45) is 0 Å². The fourth-order valence-corrected chi connectivity index (χ4v) is 2.64. The van der Waals surface area contributed by atoms with Crippen LogP contribution in [0.3, 0.4) is 0 Å². The number of nitrogens with zero attached hydrogens (tertiary/aromatic N) is 3. The smallest absolute Gasteiger partial charge is 0.269 e. The van der Waals surface area contributed by atoms with Crippen LogP contribution < -0.4 is 4.72 Å². The number of nitro groups is 1. The quantitative estimate of drug-likeness (QED) is 0.522. The molecule has 0 saturated carbocycles. The number of aryl methyl sites for hydroxylation is 1. The molecule has 1 aromatic carbocycles. The summed E-state index contributed by atoms with van der Waals surface area (Å²) in [5, 5.41) is 10.6. The highest BCUT2D eigenvalue weighted by atomic mass is 35.5. The summed E-state index contributed by atoms with van der Waals surface area (Å²) in [6.07, 6.45) is 2.14. The van der Waals surface area contributed by atoms with Crippen molar-refractivity contribution in [3.05, 3.63) is 51.6 Å². The number of rotatable bonds is 4. The molecular formula is C11H9ClN4O4S. The highest BCUT2D eigenvalue weighted by molar-refractivity contribution is 7.92. The topological polar surface area (TPSA) is 115 Å². The van der Waals surface area contributed by atoms with E-state index in [2.05, 4.69) is 14.7 Å². The van der Waals surface area contributed by atoms with Gasteiger partial charge in [0.15, 0.2) is 0 Å². The number of nitro benzene ring substituents is 1. The molecule has 2 rings (SSSR count). The summed E-state index contributed by atoms with van der Waals surface area (Å²) in [6, 6.07) is 3.81. The molecule has 0 bridgehead atoms. The first-order valence-electron chi connectivity index (χ1n) is 5.55. The molecule has 0 aliphatic heterocycles. The maximum Gasteiger partial charge on any atom is 0.269 e. The Morgan fingerprint density at radius 3 is 2.43 bits per heavy atom. The van der Waals surface area contributed by atoms with Gasteiger partial charge in [-0.05, 0) is 30.2 Å². The van der Waals surface area contributed by atoms with Crippen LogP contribution in [0.15, 0.2) is 35.5 Å². The van der Waals surface area contributed by atoms with Gasteiger partial charge in [-0.15, -0.1) is 0 Å². The summed E-state index contributed by atoms with van der Waals surface area (Å²) in [5.41, 5.74) is 0.531. The summed E-state index contributed by atoms with van der Waals surface area (Å²) in [5.74, 6) is 0. The van der Waals surface area contributed by atoms with E-state index in [0.29, 0.717) is 5.56 Å². The van der Waals surface area contributed by atoms with Crippen molar-refractivity contribution in [1.29, 1.82) is 0 Å². The minimum atomic E-state index is -3.89. The molecule has 0 fully saturated rings. The first kappa shape index (κ1) is 15.1. The van der Waals surface area contributed by atoms with E-state index in [-0.39, 0.29) is 21.6 Å². The molecule has 8 nitrogen and oxygen atoms in total. The molecule has 0 spiro atoms. The van der Waals surface area contributed by atoms with E-state index in [1.54, 1.807) is 6.92 Å². The van der Waals surface area contributed by atoms with Crippen molar-refractivity contribution in [3.63, 3.8) is 0 Å². The molecule has 0 aliphatic carbocycles. The van der Waals surface area contributed by atoms with Gasteiger partial charge >= 0.3 is 0 Å². The van der Waals surface area contributed by atoms with Crippen LogP contribution >= 0.6 is 11.6 Å². The van der Waals surface area contributed by atoms with E-state index in [1.165, 1.54) is 18.2 Å². The van der Waals surface area contributed by atoms with Crippen molar-refractivity contribution in [1.82, 2.24) is 9.97 Å². The third-order valence-electron chi connectivity index (χ3n) is 2.57. The number of hydrogen-bond donors (Lipinski definition) is 1. The fraction of sp³-hybridized carbons (Fsp3) is 0.0909. The zero-order valence-electron chi connectivity index (χ0n) is 10.6. The maximum absolute atomic E-state index is 12.1. The normalized spacial score (nSPS) is 11.1. The second-order valence-electron chi connectivity index (χ2n) is 4.05. The predicted molar refractivity (Wildman–Crippen MR) is 75.7 cm³/mol. The average Bonchev–Trinajstić information content (AvgIpc) is 2.41.